The standard InChI is InChI=1S/C30H29BrN2O6S/c1-19-13-15-33(16-14-19)40(36,37)22-10-7-20(8-11-22)25(34)18-32-28-23-5-3-4-6-26(23)39-30(28)29(35)21-9-12-27(38-2)24(31)17-21/h3-12,17,19,32H,13-16,18H2,1-2H3. The Labute approximate surface area is 241 Å². The van der Waals surface area contributed by atoms with E-state index >= 15 is 0 Å². The summed E-state index contributed by atoms with van der Waals surface area (Å²) in [5.41, 5.74) is 1.68. The Morgan fingerprint density at radius 2 is 1.70 bits per heavy atom. The molecule has 0 bridgehead atoms. The molecule has 0 unspecified atom stereocenters. The minimum absolute atomic E-state index is 0.0864. The lowest BCUT2D eigenvalue weighted by atomic mass is 10.0. The number of sulfonamides is 1. The summed E-state index contributed by atoms with van der Waals surface area (Å²) in [6, 6.07) is 18.2. The zero-order valence-corrected chi connectivity index (χ0v) is 24.5. The monoisotopic (exact) mass is 624 g/mol. The van der Waals surface area contributed by atoms with Crippen LogP contribution in [0.25, 0.3) is 11.0 Å². The molecule has 0 atom stereocenters. The number of halogens is 1. The lowest BCUT2D eigenvalue weighted by Gasteiger charge is -2.29. The third-order valence-corrected chi connectivity index (χ3v) is 9.73. The Kier molecular flexibility index (Phi) is 8.11. The number of Topliss-reactive ketones (excluding diaryl/α,β-unsaturated/α-hetero) is 1. The molecule has 0 radical (unpaired) electrons. The lowest BCUT2D eigenvalue weighted by molar-refractivity contribution is 0.0997. The van der Waals surface area contributed by atoms with Crippen LogP contribution in [-0.2, 0) is 10.0 Å². The van der Waals surface area contributed by atoms with E-state index < -0.39 is 10.0 Å². The molecule has 1 aromatic heterocycles. The van der Waals surface area contributed by atoms with Gasteiger partial charge in [-0.2, -0.15) is 4.31 Å². The van der Waals surface area contributed by atoms with E-state index in [0.717, 1.165) is 12.8 Å². The fourth-order valence-electron chi connectivity index (χ4n) is 4.78. The molecule has 0 aliphatic carbocycles. The summed E-state index contributed by atoms with van der Waals surface area (Å²) in [7, 11) is -2.06. The van der Waals surface area contributed by atoms with E-state index in [1.54, 1.807) is 37.4 Å². The average Bonchev–Trinajstić information content (AvgIpc) is 3.34. The molecule has 8 nitrogen and oxygen atoms in total. The van der Waals surface area contributed by atoms with Crippen LogP contribution in [0.3, 0.4) is 0 Å². The number of methoxy groups -OCH3 is 1. The number of ketones is 2. The van der Waals surface area contributed by atoms with Gasteiger partial charge in [-0.05, 0) is 89.3 Å². The molecule has 3 aromatic carbocycles. The highest BCUT2D eigenvalue weighted by Gasteiger charge is 2.28. The Morgan fingerprint density at radius 1 is 1.02 bits per heavy atom. The second-order valence-corrected chi connectivity index (χ2v) is 12.7. The van der Waals surface area contributed by atoms with E-state index in [2.05, 4.69) is 28.2 Å². The quantitative estimate of drug-likeness (QED) is 0.223. The van der Waals surface area contributed by atoms with Crippen molar-refractivity contribution in [1.82, 2.24) is 4.31 Å². The minimum atomic E-state index is -3.60. The van der Waals surface area contributed by atoms with Gasteiger partial charge in [-0.15, -0.1) is 0 Å². The fourth-order valence-corrected chi connectivity index (χ4v) is 6.79. The summed E-state index contributed by atoms with van der Waals surface area (Å²) in [4.78, 5) is 26.7. The minimum Gasteiger partial charge on any atom is -0.496 e. The number of nitrogens with zero attached hydrogens (tertiary/aromatic N) is 1. The van der Waals surface area contributed by atoms with Crippen LogP contribution in [0.5, 0.6) is 5.75 Å². The van der Waals surface area contributed by atoms with Gasteiger partial charge in [0, 0.05) is 29.6 Å². The van der Waals surface area contributed by atoms with Crippen molar-refractivity contribution in [1.29, 1.82) is 0 Å². The summed E-state index contributed by atoms with van der Waals surface area (Å²) in [6.45, 7) is 3.01. The van der Waals surface area contributed by atoms with Crippen LogP contribution in [0.1, 0.15) is 46.2 Å². The molecule has 1 fully saturated rings. The molecule has 40 heavy (non-hydrogen) atoms. The van der Waals surface area contributed by atoms with E-state index in [9.17, 15) is 18.0 Å². The number of anilines is 1. The van der Waals surface area contributed by atoms with Gasteiger partial charge in [0.15, 0.2) is 11.5 Å². The van der Waals surface area contributed by atoms with Crippen molar-refractivity contribution in [3.63, 3.8) is 0 Å². The van der Waals surface area contributed by atoms with Crippen molar-refractivity contribution in [2.24, 2.45) is 5.92 Å². The van der Waals surface area contributed by atoms with Crippen LogP contribution in [0.15, 0.2) is 80.5 Å². The molecular weight excluding hydrogens is 596 g/mol. The molecule has 1 aliphatic rings. The predicted molar refractivity (Wildman–Crippen MR) is 157 cm³/mol. The topological polar surface area (TPSA) is 106 Å². The zero-order chi connectivity index (χ0) is 28.4. The average molecular weight is 626 g/mol. The Morgan fingerprint density at radius 3 is 2.38 bits per heavy atom. The highest BCUT2D eigenvalue weighted by atomic mass is 79.9. The molecule has 2 heterocycles. The van der Waals surface area contributed by atoms with E-state index in [4.69, 9.17) is 9.15 Å². The number of piperidine rings is 1. The lowest BCUT2D eigenvalue weighted by Crippen LogP contribution is -2.37. The van der Waals surface area contributed by atoms with Crippen LogP contribution in [0.2, 0.25) is 0 Å². The van der Waals surface area contributed by atoms with Gasteiger partial charge in [-0.25, -0.2) is 8.42 Å². The Balaban J connectivity index is 1.35. The number of rotatable bonds is 9. The summed E-state index contributed by atoms with van der Waals surface area (Å²) in [5.74, 6) is 0.584. The first-order valence-electron chi connectivity index (χ1n) is 13.0. The molecule has 0 saturated carbocycles. The summed E-state index contributed by atoms with van der Waals surface area (Å²) >= 11 is 3.41. The van der Waals surface area contributed by atoms with Gasteiger partial charge in [-0.3, -0.25) is 9.59 Å². The van der Waals surface area contributed by atoms with Crippen LogP contribution in [-0.4, -0.2) is 51.0 Å². The molecule has 1 N–H and O–H groups in total. The van der Waals surface area contributed by atoms with E-state index in [1.807, 2.05) is 12.1 Å². The number of carbonyl (C=O) groups is 2. The largest absolute Gasteiger partial charge is 0.496 e. The van der Waals surface area contributed by atoms with Gasteiger partial charge in [0.05, 0.1) is 28.7 Å². The van der Waals surface area contributed by atoms with Crippen molar-refractivity contribution in [2.45, 2.75) is 24.7 Å². The van der Waals surface area contributed by atoms with Crippen molar-refractivity contribution < 1.29 is 27.2 Å². The Hall–Kier alpha value is -3.47. The molecule has 5 rings (SSSR count). The molecule has 208 valence electrons. The molecule has 1 saturated heterocycles. The molecule has 0 amide bonds. The highest BCUT2D eigenvalue weighted by molar-refractivity contribution is 9.10. The number of hydrogen-bond acceptors (Lipinski definition) is 7. The number of para-hydroxylation sites is 1. The van der Waals surface area contributed by atoms with Crippen LogP contribution < -0.4 is 10.1 Å². The normalized spacial score (nSPS) is 14.8. The maximum absolute atomic E-state index is 13.4. The highest BCUT2D eigenvalue weighted by Crippen LogP contribution is 2.34. The second kappa shape index (κ2) is 11.6. The number of ether oxygens (including phenoxy) is 1. The number of fused-ring (bicyclic) bond motifs is 1. The number of furan rings is 1. The van der Waals surface area contributed by atoms with Crippen LogP contribution in [0, 0.1) is 5.92 Å². The first-order valence-corrected chi connectivity index (χ1v) is 15.2. The number of hydrogen-bond donors (Lipinski definition) is 1. The van der Waals surface area contributed by atoms with Gasteiger partial charge < -0.3 is 14.5 Å². The summed E-state index contributed by atoms with van der Waals surface area (Å²) in [6.07, 6.45) is 1.68. The van der Waals surface area contributed by atoms with E-state index in [1.165, 1.54) is 28.6 Å². The smallest absolute Gasteiger partial charge is 0.243 e. The second-order valence-electron chi connectivity index (χ2n) is 9.87. The van der Waals surface area contributed by atoms with Gasteiger partial charge in [0.25, 0.3) is 0 Å². The summed E-state index contributed by atoms with van der Waals surface area (Å²) in [5, 5.41) is 3.77. The van der Waals surface area contributed by atoms with Gasteiger partial charge >= 0.3 is 0 Å². The number of benzene rings is 3. The molecular formula is C30H29BrN2O6S. The third-order valence-electron chi connectivity index (χ3n) is 7.20. The van der Waals surface area contributed by atoms with Crippen molar-refractivity contribution in [3.05, 3.63) is 88.1 Å². The molecule has 4 aromatic rings. The van der Waals surface area contributed by atoms with Crippen LogP contribution in [0.4, 0.5) is 5.69 Å². The first kappa shape index (κ1) is 28.1. The van der Waals surface area contributed by atoms with Gasteiger partial charge in [0.1, 0.15) is 11.3 Å². The van der Waals surface area contributed by atoms with Crippen molar-refractivity contribution in [2.75, 3.05) is 32.1 Å². The molecule has 1 aliphatic heterocycles. The van der Waals surface area contributed by atoms with Crippen LogP contribution >= 0.6 is 15.9 Å². The maximum atomic E-state index is 13.4. The van der Waals surface area contributed by atoms with E-state index in [-0.39, 0.29) is 28.8 Å². The van der Waals surface area contributed by atoms with E-state index in [0.29, 0.717) is 57.0 Å². The first-order chi connectivity index (χ1) is 19.2. The maximum Gasteiger partial charge on any atom is 0.243 e. The zero-order valence-electron chi connectivity index (χ0n) is 22.1. The van der Waals surface area contributed by atoms with Gasteiger partial charge in [-0.1, -0.05) is 19.1 Å². The van der Waals surface area contributed by atoms with Gasteiger partial charge in [0.2, 0.25) is 15.8 Å². The molecule has 0 spiro atoms. The predicted octanol–water partition coefficient (Wildman–Crippen LogP) is 6.15. The Bertz CT molecular complexity index is 1670. The van der Waals surface area contributed by atoms with Crippen molar-refractivity contribution >= 4 is 54.2 Å². The SMILES string of the molecule is COc1ccc(C(=O)c2oc3ccccc3c2NCC(=O)c2ccc(S(=O)(=O)N3CCC(C)CC3)cc2)cc1Br. The fraction of sp³-hybridized carbons (Fsp3) is 0.267. The number of carbonyl (C=O) groups excluding carboxylic acids is 2. The molecule has 10 heteroatoms. The number of nitrogens with one attached hydrogen (secondary N) is 1. The van der Waals surface area contributed by atoms with Crippen molar-refractivity contribution in [3.8, 4) is 5.75 Å². The summed E-state index contributed by atoms with van der Waals surface area (Å²) < 4.78 is 39.4. The third kappa shape index (κ3) is 5.56.